The smallest absolute Gasteiger partial charge is 0.0143 e. The Labute approximate surface area is 111 Å². The molecule has 0 saturated carbocycles. The van der Waals surface area contributed by atoms with Crippen molar-refractivity contribution in [3.63, 3.8) is 0 Å². The van der Waals surface area contributed by atoms with Gasteiger partial charge in [0.25, 0.3) is 0 Å². The number of hydrogen-bond donors (Lipinski definition) is 1. The lowest BCUT2D eigenvalue weighted by Gasteiger charge is -2.26. The Balaban J connectivity index is 2.55. The molecule has 0 fully saturated rings. The minimum absolute atomic E-state index is 0.662. The molecule has 0 aliphatic rings. The van der Waals surface area contributed by atoms with Gasteiger partial charge < -0.3 is 5.32 Å². The van der Waals surface area contributed by atoms with Crippen molar-refractivity contribution < 1.29 is 0 Å². The molecule has 17 heavy (non-hydrogen) atoms. The Hall–Kier alpha value is -0.340. The highest BCUT2D eigenvalue weighted by Gasteiger charge is 2.19. The molecule has 0 aliphatic carbocycles. The predicted octanol–water partition coefficient (Wildman–Crippen LogP) is 4.49. The molecule has 1 aromatic rings. The average molecular weight is 253 g/mol. The largest absolute Gasteiger partial charge is 0.314 e. The van der Waals surface area contributed by atoms with Crippen LogP contribution in [0.1, 0.15) is 51.3 Å². The maximum atomic E-state index is 3.69. The third kappa shape index (κ3) is 5.22. The van der Waals surface area contributed by atoms with Gasteiger partial charge in [-0.2, -0.15) is 0 Å². The van der Waals surface area contributed by atoms with Gasteiger partial charge in [-0.25, -0.2) is 0 Å². The molecular weight excluding hydrogens is 226 g/mol. The van der Waals surface area contributed by atoms with Gasteiger partial charge >= 0.3 is 0 Å². The summed E-state index contributed by atoms with van der Waals surface area (Å²) in [6, 6.07) is 5.09. The van der Waals surface area contributed by atoms with Crippen LogP contribution in [0.25, 0.3) is 0 Å². The first-order valence-corrected chi connectivity index (χ1v) is 7.95. The standard InChI is InChI=1S/C15H27NS/c1-4-7-9-13(5-2)15(16-6-3)12-14-10-8-11-17-14/h8,10-11,13,15-16H,4-7,9,12H2,1-3H3. The van der Waals surface area contributed by atoms with Crippen molar-refractivity contribution in [1.29, 1.82) is 0 Å². The number of rotatable bonds is 9. The summed E-state index contributed by atoms with van der Waals surface area (Å²) in [5.74, 6) is 0.831. The Morgan fingerprint density at radius 2 is 2.12 bits per heavy atom. The van der Waals surface area contributed by atoms with E-state index in [0.29, 0.717) is 6.04 Å². The normalized spacial score (nSPS) is 14.8. The molecule has 1 aromatic heterocycles. The Morgan fingerprint density at radius 1 is 1.29 bits per heavy atom. The second kappa shape index (κ2) is 8.71. The zero-order valence-electron chi connectivity index (χ0n) is 11.5. The summed E-state index contributed by atoms with van der Waals surface area (Å²) in [5.41, 5.74) is 0. The van der Waals surface area contributed by atoms with Crippen LogP contribution < -0.4 is 5.32 Å². The summed E-state index contributed by atoms with van der Waals surface area (Å²) < 4.78 is 0. The van der Waals surface area contributed by atoms with Crippen molar-refractivity contribution in [2.75, 3.05) is 6.54 Å². The Morgan fingerprint density at radius 3 is 2.65 bits per heavy atom. The van der Waals surface area contributed by atoms with E-state index in [4.69, 9.17) is 0 Å². The van der Waals surface area contributed by atoms with Gasteiger partial charge in [-0.1, -0.05) is 46.1 Å². The van der Waals surface area contributed by atoms with E-state index in [2.05, 4.69) is 43.6 Å². The third-order valence-electron chi connectivity index (χ3n) is 3.49. The van der Waals surface area contributed by atoms with Crippen LogP contribution in [0, 0.1) is 5.92 Å². The van der Waals surface area contributed by atoms with E-state index >= 15 is 0 Å². The zero-order chi connectivity index (χ0) is 12.5. The Kier molecular flexibility index (Phi) is 7.54. The number of unbranched alkanes of at least 4 members (excludes halogenated alkanes) is 1. The second-order valence-corrected chi connectivity index (χ2v) is 5.79. The van der Waals surface area contributed by atoms with E-state index in [9.17, 15) is 0 Å². The molecular formula is C15H27NS. The summed E-state index contributed by atoms with van der Waals surface area (Å²) in [6.07, 6.45) is 6.55. The molecule has 1 heterocycles. The number of thiophene rings is 1. The molecule has 0 radical (unpaired) electrons. The van der Waals surface area contributed by atoms with E-state index in [0.717, 1.165) is 12.5 Å². The van der Waals surface area contributed by atoms with Gasteiger partial charge in [0.2, 0.25) is 0 Å². The summed E-state index contributed by atoms with van der Waals surface area (Å²) in [4.78, 5) is 1.52. The minimum atomic E-state index is 0.662. The molecule has 1 rings (SSSR count). The summed E-state index contributed by atoms with van der Waals surface area (Å²) >= 11 is 1.89. The number of nitrogens with one attached hydrogen (secondary N) is 1. The zero-order valence-corrected chi connectivity index (χ0v) is 12.4. The van der Waals surface area contributed by atoms with E-state index in [1.54, 1.807) is 0 Å². The molecule has 2 atom stereocenters. The first kappa shape index (κ1) is 14.7. The van der Waals surface area contributed by atoms with Crippen molar-refractivity contribution in [3.05, 3.63) is 22.4 Å². The fourth-order valence-electron chi connectivity index (χ4n) is 2.47. The van der Waals surface area contributed by atoms with Gasteiger partial charge in [-0.3, -0.25) is 0 Å². The van der Waals surface area contributed by atoms with Crippen molar-refractivity contribution in [2.45, 2.75) is 58.9 Å². The van der Waals surface area contributed by atoms with Crippen LogP contribution in [0.2, 0.25) is 0 Å². The van der Waals surface area contributed by atoms with Gasteiger partial charge in [-0.05, 0) is 36.8 Å². The van der Waals surface area contributed by atoms with Gasteiger partial charge in [0, 0.05) is 10.9 Å². The number of likely N-dealkylation sites (N-methyl/N-ethyl adjacent to an activating group) is 1. The first-order chi connectivity index (χ1) is 8.31. The molecule has 2 unspecified atom stereocenters. The van der Waals surface area contributed by atoms with Crippen LogP contribution in [-0.2, 0) is 6.42 Å². The second-order valence-electron chi connectivity index (χ2n) is 4.76. The lowest BCUT2D eigenvalue weighted by molar-refractivity contribution is 0.321. The van der Waals surface area contributed by atoms with E-state index in [-0.39, 0.29) is 0 Å². The highest BCUT2D eigenvalue weighted by atomic mass is 32.1. The highest BCUT2D eigenvalue weighted by molar-refractivity contribution is 7.09. The molecule has 1 nitrogen and oxygen atoms in total. The molecule has 0 saturated heterocycles. The van der Waals surface area contributed by atoms with Gasteiger partial charge in [0.15, 0.2) is 0 Å². The van der Waals surface area contributed by atoms with Gasteiger partial charge in [0.1, 0.15) is 0 Å². The van der Waals surface area contributed by atoms with Crippen LogP contribution >= 0.6 is 11.3 Å². The van der Waals surface area contributed by atoms with E-state index in [1.165, 1.54) is 37.0 Å². The number of hydrogen-bond acceptors (Lipinski definition) is 2. The average Bonchev–Trinajstić information content (AvgIpc) is 2.83. The van der Waals surface area contributed by atoms with Gasteiger partial charge in [-0.15, -0.1) is 11.3 Å². The monoisotopic (exact) mass is 253 g/mol. The molecule has 0 bridgehead atoms. The summed E-state index contributed by atoms with van der Waals surface area (Å²) in [5, 5.41) is 5.87. The maximum absolute atomic E-state index is 3.69. The maximum Gasteiger partial charge on any atom is 0.0143 e. The quantitative estimate of drug-likeness (QED) is 0.684. The summed E-state index contributed by atoms with van der Waals surface area (Å²) in [7, 11) is 0. The molecule has 0 aromatic carbocycles. The highest BCUT2D eigenvalue weighted by Crippen LogP contribution is 2.22. The topological polar surface area (TPSA) is 12.0 Å². The molecule has 98 valence electrons. The van der Waals surface area contributed by atoms with Crippen LogP contribution in [0.3, 0.4) is 0 Å². The van der Waals surface area contributed by atoms with Crippen molar-refractivity contribution in [1.82, 2.24) is 5.32 Å². The molecule has 0 spiro atoms. The van der Waals surface area contributed by atoms with Crippen molar-refractivity contribution in [2.24, 2.45) is 5.92 Å². The fourth-order valence-corrected chi connectivity index (χ4v) is 3.23. The third-order valence-corrected chi connectivity index (χ3v) is 4.39. The van der Waals surface area contributed by atoms with Crippen LogP contribution in [-0.4, -0.2) is 12.6 Å². The lowest BCUT2D eigenvalue weighted by Crippen LogP contribution is -2.37. The SMILES string of the molecule is CCCCC(CC)C(Cc1cccs1)NCC. The molecule has 2 heteroatoms. The van der Waals surface area contributed by atoms with E-state index < -0.39 is 0 Å². The van der Waals surface area contributed by atoms with Crippen molar-refractivity contribution in [3.8, 4) is 0 Å². The van der Waals surface area contributed by atoms with Gasteiger partial charge in [0.05, 0.1) is 0 Å². The Bertz CT molecular complexity index is 268. The molecule has 0 amide bonds. The predicted molar refractivity (Wildman–Crippen MR) is 78.8 cm³/mol. The molecule has 0 aliphatic heterocycles. The van der Waals surface area contributed by atoms with Crippen LogP contribution in [0.15, 0.2) is 17.5 Å². The fraction of sp³-hybridized carbons (Fsp3) is 0.733. The lowest BCUT2D eigenvalue weighted by atomic mass is 9.89. The van der Waals surface area contributed by atoms with Crippen molar-refractivity contribution >= 4 is 11.3 Å². The molecule has 1 N–H and O–H groups in total. The van der Waals surface area contributed by atoms with Crippen LogP contribution in [0.5, 0.6) is 0 Å². The van der Waals surface area contributed by atoms with Crippen LogP contribution in [0.4, 0.5) is 0 Å². The van der Waals surface area contributed by atoms with E-state index in [1.807, 2.05) is 11.3 Å². The minimum Gasteiger partial charge on any atom is -0.314 e. The first-order valence-electron chi connectivity index (χ1n) is 7.07. The summed E-state index contributed by atoms with van der Waals surface area (Å²) in [6.45, 7) is 7.92.